The summed E-state index contributed by atoms with van der Waals surface area (Å²) < 4.78 is 29.2. The molecule has 1 aromatic carbocycles. The second-order valence-electron chi connectivity index (χ2n) is 4.70. The molecule has 0 spiro atoms. The number of anilines is 1. The van der Waals surface area contributed by atoms with Gasteiger partial charge in [0.1, 0.15) is 4.90 Å². The highest BCUT2D eigenvalue weighted by atomic mass is 32.2. The van der Waals surface area contributed by atoms with Gasteiger partial charge in [0, 0.05) is 32.4 Å². The lowest BCUT2D eigenvalue weighted by molar-refractivity contribution is 0.581. The van der Waals surface area contributed by atoms with Crippen molar-refractivity contribution < 1.29 is 8.42 Å². The monoisotopic (exact) mass is 308 g/mol. The number of para-hydroxylation sites is 1. The van der Waals surface area contributed by atoms with Gasteiger partial charge in [0.05, 0.1) is 11.4 Å². The van der Waals surface area contributed by atoms with E-state index in [-0.39, 0.29) is 11.4 Å². The van der Waals surface area contributed by atoms with Crippen molar-refractivity contribution in [2.45, 2.75) is 24.8 Å². The summed E-state index contributed by atoms with van der Waals surface area (Å²) in [5, 5.41) is 7.20. The molecule has 0 saturated heterocycles. The zero-order chi connectivity index (χ0) is 15.5. The highest BCUT2D eigenvalue weighted by Gasteiger charge is 2.18. The maximum atomic E-state index is 12.4. The molecule has 21 heavy (non-hydrogen) atoms. The molecule has 0 aliphatic carbocycles. The summed E-state index contributed by atoms with van der Waals surface area (Å²) in [7, 11) is -0.0406. The molecular weight excluding hydrogens is 288 g/mol. The lowest BCUT2D eigenvalue weighted by Gasteiger charge is -2.10. The quantitative estimate of drug-likeness (QED) is 0.848. The van der Waals surface area contributed by atoms with Crippen LogP contribution in [0.5, 0.6) is 0 Å². The Balaban J connectivity index is 2.22. The molecule has 0 unspecified atom stereocenters. The zero-order valence-corrected chi connectivity index (χ0v) is 13.2. The van der Waals surface area contributed by atoms with E-state index in [9.17, 15) is 8.42 Å². The third kappa shape index (κ3) is 3.43. The van der Waals surface area contributed by atoms with Crippen LogP contribution in [0.1, 0.15) is 18.2 Å². The SMILES string of the molecule is CCc1nn(C)cc1CNS(=O)(=O)c1ccccc1NC. The number of benzene rings is 1. The van der Waals surface area contributed by atoms with Crippen LogP contribution < -0.4 is 10.0 Å². The lowest BCUT2D eigenvalue weighted by atomic mass is 10.2. The molecule has 2 rings (SSSR count). The molecule has 0 atom stereocenters. The second kappa shape index (κ2) is 6.28. The Hall–Kier alpha value is -1.86. The van der Waals surface area contributed by atoms with Crippen LogP contribution in [0.3, 0.4) is 0 Å². The van der Waals surface area contributed by atoms with E-state index in [0.717, 1.165) is 17.7 Å². The van der Waals surface area contributed by atoms with Crippen LogP contribution in [0.4, 0.5) is 5.69 Å². The van der Waals surface area contributed by atoms with Crippen molar-refractivity contribution in [2.24, 2.45) is 7.05 Å². The average Bonchev–Trinajstić information content (AvgIpc) is 2.85. The summed E-state index contributed by atoms with van der Waals surface area (Å²) in [5.74, 6) is 0. The summed E-state index contributed by atoms with van der Waals surface area (Å²) in [5.41, 5.74) is 2.37. The van der Waals surface area contributed by atoms with E-state index >= 15 is 0 Å². The van der Waals surface area contributed by atoms with Gasteiger partial charge in [-0.3, -0.25) is 4.68 Å². The summed E-state index contributed by atoms with van der Waals surface area (Å²) in [6.07, 6.45) is 2.61. The Morgan fingerprint density at radius 1 is 1.29 bits per heavy atom. The fourth-order valence-electron chi connectivity index (χ4n) is 2.19. The van der Waals surface area contributed by atoms with Crippen molar-refractivity contribution in [3.8, 4) is 0 Å². The van der Waals surface area contributed by atoms with Gasteiger partial charge in [-0.15, -0.1) is 0 Å². The Morgan fingerprint density at radius 3 is 2.67 bits per heavy atom. The normalized spacial score (nSPS) is 11.6. The first-order valence-corrected chi connectivity index (χ1v) is 8.24. The van der Waals surface area contributed by atoms with Gasteiger partial charge >= 0.3 is 0 Å². The van der Waals surface area contributed by atoms with E-state index in [4.69, 9.17) is 0 Å². The Labute approximate surface area is 125 Å². The van der Waals surface area contributed by atoms with Crippen molar-refractivity contribution in [3.63, 3.8) is 0 Å². The van der Waals surface area contributed by atoms with E-state index in [1.165, 1.54) is 0 Å². The lowest BCUT2D eigenvalue weighted by Crippen LogP contribution is -2.24. The smallest absolute Gasteiger partial charge is 0.242 e. The summed E-state index contributed by atoms with van der Waals surface area (Å²) >= 11 is 0. The average molecular weight is 308 g/mol. The molecule has 0 bridgehead atoms. The maximum Gasteiger partial charge on any atom is 0.242 e. The van der Waals surface area contributed by atoms with Gasteiger partial charge in [0.2, 0.25) is 10.0 Å². The van der Waals surface area contributed by atoms with E-state index in [2.05, 4.69) is 15.1 Å². The van der Waals surface area contributed by atoms with Gasteiger partial charge in [0.15, 0.2) is 0 Å². The molecule has 6 nitrogen and oxygen atoms in total. The molecule has 2 aromatic rings. The first kappa shape index (κ1) is 15.5. The van der Waals surface area contributed by atoms with Gasteiger partial charge in [-0.05, 0) is 18.6 Å². The first-order chi connectivity index (χ1) is 9.97. The minimum Gasteiger partial charge on any atom is -0.387 e. The van der Waals surface area contributed by atoms with Gasteiger partial charge in [-0.1, -0.05) is 19.1 Å². The van der Waals surface area contributed by atoms with Crippen LogP contribution >= 0.6 is 0 Å². The molecule has 0 amide bonds. The van der Waals surface area contributed by atoms with Crippen LogP contribution in [-0.2, 0) is 30.0 Å². The molecule has 2 N–H and O–H groups in total. The Kier molecular flexibility index (Phi) is 4.64. The highest BCUT2D eigenvalue weighted by molar-refractivity contribution is 7.89. The molecule has 0 fully saturated rings. The number of nitrogens with zero attached hydrogens (tertiary/aromatic N) is 2. The number of hydrogen-bond acceptors (Lipinski definition) is 4. The van der Waals surface area contributed by atoms with Crippen molar-refractivity contribution in [2.75, 3.05) is 12.4 Å². The summed E-state index contributed by atoms with van der Waals surface area (Å²) in [6, 6.07) is 6.81. The van der Waals surface area contributed by atoms with Gasteiger partial charge in [0.25, 0.3) is 0 Å². The van der Waals surface area contributed by atoms with Crippen LogP contribution in [-0.4, -0.2) is 25.2 Å². The van der Waals surface area contributed by atoms with Crippen molar-refractivity contribution >= 4 is 15.7 Å². The van der Waals surface area contributed by atoms with Crippen LogP contribution in [0.15, 0.2) is 35.4 Å². The van der Waals surface area contributed by atoms with Gasteiger partial charge < -0.3 is 5.32 Å². The molecular formula is C14H20N4O2S. The molecule has 7 heteroatoms. The molecule has 0 aliphatic heterocycles. The minimum absolute atomic E-state index is 0.234. The number of rotatable bonds is 6. The Bertz CT molecular complexity index is 722. The number of sulfonamides is 1. The number of aryl methyl sites for hydroxylation is 2. The molecule has 114 valence electrons. The van der Waals surface area contributed by atoms with Crippen LogP contribution in [0.2, 0.25) is 0 Å². The predicted molar refractivity (Wildman–Crippen MR) is 82.6 cm³/mol. The number of hydrogen-bond donors (Lipinski definition) is 2. The van der Waals surface area contributed by atoms with Crippen molar-refractivity contribution in [1.82, 2.24) is 14.5 Å². The largest absolute Gasteiger partial charge is 0.387 e. The molecule has 0 aliphatic rings. The predicted octanol–water partition coefficient (Wildman–Crippen LogP) is 1.50. The fraction of sp³-hybridized carbons (Fsp3) is 0.357. The fourth-order valence-corrected chi connectivity index (χ4v) is 3.41. The van der Waals surface area contributed by atoms with E-state index < -0.39 is 10.0 Å². The third-order valence-electron chi connectivity index (χ3n) is 3.23. The molecule has 1 aromatic heterocycles. The standard InChI is InChI=1S/C14H20N4O2S/c1-4-12-11(10-18(3)17-12)9-16-21(19,20)14-8-6-5-7-13(14)15-2/h5-8,10,15-16H,4,9H2,1-3H3. The maximum absolute atomic E-state index is 12.4. The highest BCUT2D eigenvalue weighted by Crippen LogP contribution is 2.20. The van der Waals surface area contributed by atoms with E-state index in [1.54, 1.807) is 36.0 Å². The topological polar surface area (TPSA) is 76.0 Å². The van der Waals surface area contributed by atoms with Crippen molar-refractivity contribution in [3.05, 3.63) is 41.7 Å². The van der Waals surface area contributed by atoms with E-state index in [1.807, 2.05) is 20.2 Å². The van der Waals surface area contributed by atoms with Crippen molar-refractivity contribution in [1.29, 1.82) is 0 Å². The number of aromatic nitrogens is 2. The zero-order valence-electron chi connectivity index (χ0n) is 12.4. The van der Waals surface area contributed by atoms with E-state index in [0.29, 0.717) is 5.69 Å². The minimum atomic E-state index is -3.57. The molecule has 1 heterocycles. The molecule has 0 radical (unpaired) electrons. The van der Waals surface area contributed by atoms with Gasteiger partial charge in [-0.2, -0.15) is 5.10 Å². The number of nitrogens with one attached hydrogen (secondary N) is 2. The van der Waals surface area contributed by atoms with Crippen LogP contribution in [0, 0.1) is 0 Å². The first-order valence-electron chi connectivity index (χ1n) is 6.75. The third-order valence-corrected chi connectivity index (χ3v) is 4.68. The van der Waals surface area contributed by atoms with Crippen LogP contribution in [0.25, 0.3) is 0 Å². The summed E-state index contributed by atoms with van der Waals surface area (Å²) in [4.78, 5) is 0.245. The van der Waals surface area contributed by atoms with Gasteiger partial charge in [-0.25, -0.2) is 13.1 Å². The summed E-state index contributed by atoms with van der Waals surface area (Å²) in [6.45, 7) is 2.23. The Morgan fingerprint density at radius 2 is 2.00 bits per heavy atom. The second-order valence-corrected chi connectivity index (χ2v) is 6.43. The molecule has 0 saturated carbocycles.